The largest absolute Gasteiger partial charge is 0.300 e. The second-order valence-electron chi connectivity index (χ2n) is 9.19. The van der Waals surface area contributed by atoms with E-state index >= 15 is 0 Å². The number of fused-ring (bicyclic) bond motifs is 10. The Morgan fingerprint density at radius 3 is 1.59 bits per heavy atom. The minimum atomic E-state index is -0.241. The summed E-state index contributed by atoms with van der Waals surface area (Å²) < 4.78 is 0. The van der Waals surface area contributed by atoms with E-state index in [1.807, 2.05) is 0 Å². The second-order valence-corrected chi connectivity index (χ2v) is 9.19. The highest BCUT2D eigenvalue weighted by atomic mass is 15.1. The Morgan fingerprint density at radius 2 is 1.09 bits per heavy atom. The molecule has 0 saturated heterocycles. The predicted molar refractivity (Wildman–Crippen MR) is 134 cm³/mol. The number of rotatable bonds is 4. The summed E-state index contributed by atoms with van der Waals surface area (Å²) in [6, 6.07) is 32.1. The smallest absolute Gasteiger partial charge is 0.0728 e. The van der Waals surface area contributed by atoms with Gasteiger partial charge < -0.3 is 0 Å². The van der Waals surface area contributed by atoms with Crippen LogP contribution in [0.3, 0.4) is 0 Å². The van der Waals surface area contributed by atoms with E-state index in [0.29, 0.717) is 0 Å². The van der Waals surface area contributed by atoms with E-state index in [4.69, 9.17) is 0 Å². The predicted octanol–water partition coefficient (Wildman–Crippen LogP) is 7.18. The zero-order chi connectivity index (χ0) is 21.9. The molecular weight excluding hydrogens is 386 g/mol. The molecule has 32 heavy (non-hydrogen) atoms. The van der Waals surface area contributed by atoms with Crippen molar-refractivity contribution in [3.8, 4) is 22.3 Å². The fraction of sp³-hybridized carbons (Fsp3) is 0.226. The van der Waals surface area contributed by atoms with E-state index < -0.39 is 0 Å². The van der Waals surface area contributed by atoms with Gasteiger partial charge in [0.25, 0.3) is 0 Å². The van der Waals surface area contributed by atoms with E-state index in [9.17, 15) is 0 Å². The Kier molecular flexibility index (Phi) is 4.38. The molecule has 0 fully saturated rings. The van der Waals surface area contributed by atoms with Crippen LogP contribution in [0.4, 0.5) is 0 Å². The van der Waals surface area contributed by atoms with Crippen LogP contribution in [0.2, 0.25) is 0 Å². The molecule has 0 unspecified atom stereocenters. The van der Waals surface area contributed by atoms with Gasteiger partial charge in [-0.25, -0.2) is 0 Å². The maximum Gasteiger partial charge on any atom is 0.0728 e. The molecule has 0 amide bonds. The number of nitrogens with zero attached hydrogens (tertiary/aromatic N) is 1. The number of aryl methyl sites for hydroxylation is 1. The standard InChI is InChI=1S/C31H29N/c1-4-32(5-2)20-22-18-21(3)19-26-25-14-8-11-17-29(25)31(30(22)26)27-15-9-6-12-23(27)24-13-7-10-16-28(24)31/h6-19H,4-5,20H2,1-3H3. The molecule has 1 spiro atoms. The molecule has 0 N–H and O–H groups in total. The van der Waals surface area contributed by atoms with Crippen molar-refractivity contribution >= 4 is 0 Å². The van der Waals surface area contributed by atoms with Gasteiger partial charge >= 0.3 is 0 Å². The van der Waals surface area contributed by atoms with Gasteiger partial charge in [-0.2, -0.15) is 0 Å². The van der Waals surface area contributed by atoms with Crippen molar-refractivity contribution in [1.82, 2.24) is 4.90 Å². The Labute approximate surface area is 191 Å². The summed E-state index contributed by atoms with van der Waals surface area (Å²) in [5.74, 6) is 0. The van der Waals surface area contributed by atoms with Crippen LogP contribution in [0.15, 0.2) is 84.9 Å². The Balaban J connectivity index is 1.78. The Morgan fingerprint density at radius 1 is 0.625 bits per heavy atom. The van der Waals surface area contributed by atoms with Gasteiger partial charge in [0.1, 0.15) is 0 Å². The van der Waals surface area contributed by atoms with Crippen LogP contribution < -0.4 is 0 Å². The molecule has 0 heterocycles. The molecule has 4 aromatic carbocycles. The van der Waals surface area contributed by atoms with Crippen molar-refractivity contribution in [1.29, 1.82) is 0 Å². The number of hydrogen-bond donors (Lipinski definition) is 0. The number of benzene rings is 4. The van der Waals surface area contributed by atoms with Gasteiger partial charge in [0.15, 0.2) is 0 Å². The summed E-state index contributed by atoms with van der Waals surface area (Å²) in [6.45, 7) is 9.89. The first kappa shape index (κ1) is 19.5. The van der Waals surface area contributed by atoms with Gasteiger partial charge in [0, 0.05) is 6.54 Å². The third-order valence-corrected chi connectivity index (χ3v) is 7.60. The first-order chi connectivity index (χ1) is 15.7. The van der Waals surface area contributed by atoms with Crippen LogP contribution in [0, 0.1) is 6.92 Å². The van der Waals surface area contributed by atoms with Crippen LogP contribution in [0.1, 0.15) is 47.2 Å². The second kappa shape index (κ2) is 7.18. The molecule has 0 aliphatic heterocycles. The van der Waals surface area contributed by atoms with Crippen LogP contribution in [0.25, 0.3) is 22.3 Å². The molecule has 0 saturated carbocycles. The van der Waals surface area contributed by atoms with Gasteiger partial charge in [0.2, 0.25) is 0 Å². The van der Waals surface area contributed by atoms with E-state index in [2.05, 4.69) is 111 Å². The molecule has 0 bridgehead atoms. The van der Waals surface area contributed by atoms with Gasteiger partial charge in [-0.05, 0) is 70.1 Å². The van der Waals surface area contributed by atoms with Gasteiger partial charge in [-0.3, -0.25) is 4.90 Å². The first-order valence-corrected chi connectivity index (χ1v) is 11.9. The lowest BCUT2D eigenvalue weighted by atomic mass is 9.69. The van der Waals surface area contributed by atoms with E-state index in [1.165, 1.54) is 55.6 Å². The zero-order valence-corrected chi connectivity index (χ0v) is 19.2. The molecule has 0 atom stereocenters. The molecule has 158 valence electrons. The summed E-state index contributed by atoms with van der Waals surface area (Å²) in [7, 11) is 0. The van der Waals surface area contributed by atoms with Crippen LogP contribution >= 0.6 is 0 Å². The molecule has 2 aliphatic carbocycles. The summed E-state index contributed by atoms with van der Waals surface area (Å²) in [6.07, 6.45) is 0. The molecule has 1 nitrogen and oxygen atoms in total. The Bertz CT molecular complexity index is 1300. The van der Waals surface area contributed by atoms with Crippen LogP contribution in [-0.2, 0) is 12.0 Å². The SMILES string of the molecule is CCN(CC)Cc1cc(C)cc2c1C1(c3ccccc3-c3ccccc31)c1ccccc1-2. The highest BCUT2D eigenvalue weighted by Crippen LogP contribution is 2.63. The third-order valence-electron chi connectivity index (χ3n) is 7.60. The van der Waals surface area contributed by atoms with Gasteiger partial charge in [0.05, 0.1) is 5.41 Å². The van der Waals surface area contributed by atoms with Crippen molar-refractivity contribution in [3.63, 3.8) is 0 Å². The van der Waals surface area contributed by atoms with Gasteiger partial charge in [-0.1, -0.05) is 104 Å². The summed E-state index contributed by atoms with van der Waals surface area (Å²) in [4.78, 5) is 2.54. The highest BCUT2D eigenvalue weighted by molar-refractivity contribution is 5.95. The average Bonchev–Trinajstić information content (AvgIpc) is 3.30. The van der Waals surface area contributed by atoms with E-state index in [0.717, 1.165) is 19.6 Å². The lowest BCUT2D eigenvalue weighted by Crippen LogP contribution is -2.30. The first-order valence-electron chi connectivity index (χ1n) is 11.9. The molecule has 6 rings (SSSR count). The monoisotopic (exact) mass is 415 g/mol. The van der Waals surface area contributed by atoms with Crippen molar-refractivity contribution in [2.75, 3.05) is 13.1 Å². The lowest BCUT2D eigenvalue weighted by Gasteiger charge is -2.33. The van der Waals surface area contributed by atoms with Crippen molar-refractivity contribution in [2.24, 2.45) is 0 Å². The maximum absolute atomic E-state index is 2.54. The lowest BCUT2D eigenvalue weighted by molar-refractivity contribution is 0.294. The summed E-state index contributed by atoms with van der Waals surface area (Å²) in [5, 5.41) is 0. The molecular formula is C31H29N. The van der Waals surface area contributed by atoms with E-state index in [-0.39, 0.29) is 5.41 Å². The quantitative estimate of drug-likeness (QED) is 0.295. The third kappa shape index (κ3) is 2.43. The van der Waals surface area contributed by atoms with Crippen molar-refractivity contribution in [3.05, 3.63) is 118 Å². The highest BCUT2D eigenvalue weighted by Gasteiger charge is 2.52. The summed E-state index contributed by atoms with van der Waals surface area (Å²) >= 11 is 0. The fourth-order valence-corrected chi connectivity index (χ4v) is 6.30. The molecule has 0 radical (unpaired) electrons. The van der Waals surface area contributed by atoms with Crippen LogP contribution in [-0.4, -0.2) is 18.0 Å². The maximum atomic E-state index is 2.54. The number of hydrogen-bond acceptors (Lipinski definition) is 1. The normalized spacial score (nSPS) is 14.4. The zero-order valence-electron chi connectivity index (χ0n) is 19.2. The fourth-order valence-electron chi connectivity index (χ4n) is 6.30. The van der Waals surface area contributed by atoms with Crippen LogP contribution in [0.5, 0.6) is 0 Å². The summed E-state index contributed by atoms with van der Waals surface area (Å²) in [5.41, 5.74) is 13.9. The van der Waals surface area contributed by atoms with Crippen molar-refractivity contribution < 1.29 is 0 Å². The topological polar surface area (TPSA) is 3.24 Å². The Hall–Kier alpha value is -3.16. The van der Waals surface area contributed by atoms with E-state index in [1.54, 1.807) is 0 Å². The minimum absolute atomic E-state index is 0.241. The molecule has 4 aromatic rings. The molecule has 1 heteroatoms. The van der Waals surface area contributed by atoms with Gasteiger partial charge in [-0.15, -0.1) is 0 Å². The molecule has 2 aliphatic rings. The van der Waals surface area contributed by atoms with Crippen molar-refractivity contribution in [2.45, 2.75) is 32.7 Å². The molecule has 0 aromatic heterocycles. The average molecular weight is 416 g/mol. The minimum Gasteiger partial charge on any atom is -0.300 e.